The Morgan fingerprint density at radius 2 is 1.77 bits per heavy atom. The molecule has 1 aromatic heterocycles. The first-order chi connectivity index (χ1) is 16.9. The Hall–Kier alpha value is -3.79. The standard InChI is InChI=1S/C25H27N5O4S/c1-16-6-8-19(9-7-16)27-22(32)23-28-29-24(35-23)25(33)30-12-10-18(11-13-30)21(31)26-15-17-4-3-5-20(14-17)34-2/h3-9,14,18H,10-13,15H2,1-2H3,(H,26,31)(H,27,32). The van der Waals surface area contributed by atoms with E-state index in [4.69, 9.17) is 4.74 Å². The molecule has 3 amide bonds. The lowest BCUT2D eigenvalue weighted by atomic mass is 9.95. The van der Waals surface area contributed by atoms with Crippen molar-refractivity contribution in [1.29, 1.82) is 0 Å². The van der Waals surface area contributed by atoms with Crippen LogP contribution in [0, 0.1) is 12.8 Å². The van der Waals surface area contributed by atoms with Crippen LogP contribution < -0.4 is 15.4 Å². The van der Waals surface area contributed by atoms with Crippen LogP contribution in [0.5, 0.6) is 5.75 Å². The topological polar surface area (TPSA) is 114 Å². The van der Waals surface area contributed by atoms with Gasteiger partial charge in [-0.15, -0.1) is 10.2 Å². The average Bonchev–Trinajstić information content (AvgIpc) is 3.39. The molecule has 2 N–H and O–H groups in total. The zero-order valence-corrected chi connectivity index (χ0v) is 20.4. The maximum Gasteiger partial charge on any atom is 0.286 e. The molecule has 182 valence electrons. The summed E-state index contributed by atoms with van der Waals surface area (Å²) in [7, 11) is 1.61. The molecule has 0 atom stereocenters. The molecule has 0 radical (unpaired) electrons. The van der Waals surface area contributed by atoms with Gasteiger partial charge in [-0.1, -0.05) is 41.2 Å². The molecule has 35 heavy (non-hydrogen) atoms. The highest BCUT2D eigenvalue weighted by Gasteiger charge is 2.29. The van der Waals surface area contributed by atoms with Gasteiger partial charge in [0.05, 0.1) is 7.11 Å². The van der Waals surface area contributed by atoms with Crippen LogP contribution in [0.15, 0.2) is 48.5 Å². The molecule has 9 nitrogen and oxygen atoms in total. The molecule has 2 heterocycles. The first-order valence-electron chi connectivity index (χ1n) is 11.3. The van der Waals surface area contributed by atoms with Gasteiger partial charge in [-0.2, -0.15) is 0 Å². The third kappa shape index (κ3) is 6.21. The molecule has 0 saturated carbocycles. The highest BCUT2D eigenvalue weighted by Crippen LogP contribution is 2.22. The second-order valence-corrected chi connectivity index (χ2v) is 9.35. The molecule has 0 aliphatic carbocycles. The fourth-order valence-corrected chi connectivity index (χ4v) is 4.53. The third-order valence-corrected chi connectivity index (χ3v) is 6.78. The van der Waals surface area contributed by atoms with Gasteiger partial charge in [-0.05, 0) is 49.6 Å². The third-order valence-electron chi connectivity index (χ3n) is 5.87. The minimum absolute atomic E-state index is 0.0223. The van der Waals surface area contributed by atoms with Crippen LogP contribution >= 0.6 is 11.3 Å². The van der Waals surface area contributed by atoms with Gasteiger partial charge in [0, 0.05) is 31.2 Å². The highest BCUT2D eigenvalue weighted by molar-refractivity contribution is 7.15. The number of likely N-dealkylation sites (tertiary alicyclic amines) is 1. The number of anilines is 1. The number of rotatable bonds is 7. The molecule has 0 bridgehead atoms. The second-order valence-electron chi connectivity index (χ2n) is 8.37. The number of ether oxygens (including phenoxy) is 1. The van der Waals surface area contributed by atoms with Crippen LogP contribution in [-0.4, -0.2) is 53.0 Å². The molecular formula is C25H27N5O4S. The van der Waals surface area contributed by atoms with Crippen molar-refractivity contribution in [1.82, 2.24) is 20.4 Å². The van der Waals surface area contributed by atoms with Crippen molar-refractivity contribution in [3.05, 3.63) is 69.7 Å². The molecule has 3 aromatic rings. The summed E-state index contributed by atoms with van der Waals surface area (Å²) >= 11 is 0.966. The number of hydrogen-bond acceptors (Lipinski definition) is 7. The second kappa shape index (κ2) is 11.1. The Bertz CT molecular complexity index is 1200. The summed E-state index contributed by atoms with van der Waals surface area (Å²) in [5, 5.41) is 13.8. The summed E-state index contributed by atoms with van der Waals surface area (Å²) in [5.41, 5.74) is 2.70. The number of carbonyl (C=O) groups excluding carboxylic acids is 3. The van der Waals surface area contributed by atoms with Gasteiger partial charge in [0.15, 0.2) is 0 Å². The van der Waals surface area contributed by atoms with Gasteiger partial charge in [0.2, 0.25) is 15.9 Å². The zero-order chi connectivity index (χ0) is 24.8. The van der Waals surface area contributed by atoms with Crippen LogP contribution in [-0.2, 0) is 11.3 Å². The molecule has 0 unspecified atom stereocenters. The SMILES string of the molecule is COc1cccc(CNC(=O)C2CCN(C(=O)c3nnc(C(=O)Nc4ccc(C)cc4)s3)CC2)c1. The smallest absolute Gasteiger partial charge is 0.286 e. The van der Waals surface area contributed by atoms with Crippen molar-refractivity contribution < 1.29 is 19.1 Å². The van der Waals surface area contributed by atoms with E-state index in [0.29, 0.717) is 38.2 Å². The van der Waals surface area contributed by atoms with Crippen molar-refractivity contribution in [3.63, 3.8) is 0 Å². The first kappa shape index (κ1) is 24.3. The molecular weight excluding hydrogens is 466 g/mol. The fourth-order valence-electron chi connectivity index (χ4n) is 3.82. The molecule has 1 aliphatic rings. The number of aryl methyl sites for hydroxylation is 1. The van der Waals surface area contributed by atoms with E-state index < -0.39 is 5.91 Å². The molecule has 2 aromatic carbocycles. The van der Waals surface area contributed by atoms with Gasteiger partial charge >= 0.3 is 0 Å². The summed E-state index contributed by atoms with van der Waals surface area (Å²) in [6, 6.07) is 15.0. The predicted octanol–water partition coefficient (Wildman–Crippen LogP) is 3.28. The first-order valence-corrected chi connectivity index (χ1v) is 12.2. The number of carbonyl (C=O) groups is 3. The molecule has 4 rings (SSSR count). The summed E-state index contributed by atoms with van der Waals surface area (Å²) in [6.07, 6.45) is 1.13. The maximum absolute atomic E-state index is 12.9. The van der Waals surface area contributed by atoms with E-state index in [1.165, 1.54) is 0 Å². The van der Waals surface area contributed by atoms with Crippen LogP contribution in [0.25, 0.3) is 0 Å². The lowest BCUT2D eigenvalue weighted by Crippen LogP contribution is -2.42. The largest absolute Gasteiger partial charge is 0.497 e. The molecule has 1 fully saturated rings. The van der Waals surface area contributed by atoms with E-state index in [9.17, 15) is 14.4 Å². The zero-order valence-electron chi connectivity index (χ0n) is 19.6. The van der Waals surface area contributed by atoms with E-state index in [1.54, 1.807) is 24.1 Å². The monoisotopic (exact) mass is 493 g/mol. The Morgan fingerprint density at radius 3 is 2.49 bits per heavy atom. The van der Waals surface area contributed by atoms with Gasteiger partial charge in [0.1, 0.15) is 5.75 Å². The maximum atomic E-state index is 12.9. The van der Waals surface area contributed by atoms with Gasteiger partial charge < -0.3 is 20.3 Å². The molecule has 1 saturated heterocycles. The fraction of sp³-hybridized carbons (Fsp3) is 0.320. The van der Waals surface area contributed by atoms with E-state index in [0.717, 1.165) is 28.2 Å². The Kier molecular flexibility index (Phi) is 7.71. The van der Waals surface area contributed by atoms with Gasteiger partial charge in [-0.25, -0.2) is 0 Å². The number of nitrogens with one attached hydrogen (secondary N) is 2. The van der Waals surface area contributed by atoms with Crippen LogP contribution in [0.2, 0.25) is 0 Å². The van der Waals surface area contributed by atoms with E-state index in [2.05, 4.69) is 20.8 Å². The van der Waals surface area contributed by atoms with Crippen molar-refractivity contribution in [2.75, 3.05) is 25.5 Å². The number of amides is 3. The van der Waals surface area contributed by atoms with E-state index in [-0.39, 0.29) is 27.7 Å². The normalized spacial score (nSPS) is 13.8. The number of piperidine rings is 1. The lowest BCUT2D eigenvalue weighted by Gasteiger charge is -2.30. The average molecular weight is 494 g/mol. The number of aromatic nitrogens is 2. The number of methoxy groups -OCH3 is 1. The van der Waals surface area contributed by atoms with E-state index >= 15 is 0 Å². The van der Waals surface area contributed by atoms with Crippen molar-refractivity contribution in [2.45, 2.75) is 26.3 Å². The van der Waals surface area contributed by atoms with Gasteiger partial charge in [0.25, 0.3) is 11.8 Å². The van der Waals surface area contributed by atoms with Crippen molar-refractivity contribution >= 4 is 34.7 Å². The van der Waals surface area contributed by atoms with Crippen molar-refractivity contribution in [3.8, 4) is 5.75 Å². The number of hydrogen-bond donors (Lipinski definition) is 2. The Morgan fingerprint density at radius 1 is 1.06 bits per heavy atom. The molecule has 1 aliphatic heterocycles. The van der Waals surface area contributed by atoms with Crippen LogP contribution in [0.3, 0.4) is 0 Å². The Labute approximate surface area is 207 Å². The highest BCUT2D eigenvalue weighted by atomic mass is 32.1. The predicted molar refractivity (Wildman–Crippen MR) is 133 cm³/mol. The minimum atomic E-state index is -0.406. The van der Waals surface area contributed by atoms with Gasteiger partial charge in [-0.3, -0.25) is 14.4 Å². The van der Waals surface area contributed by atoms with Crippen molar-refractivity contribution in [2.24, 2.45) is 5.92 Å². The van der Waals surface area contributed by atoms with E-state index in [1.807, 2.05) is 43.3 Å². The summed E-state index contributed by atoms with van der Waals surface area (Å²) in [4.78, 5) is 39.6. The molecule has 0 spiro atoms. The Balaban J connectivity index is 1.26. The lowest BCUT2D eigenvalue weighted by molar-refractivity contribution is -0.126. The summed E-state index contributed by atoms with van der Waals surface area (Å²) in [5.74, 6) is -0.110. The summed E-state index contributed by atoms with van der Waals surface area (Å²) in [6.45, 7) is 3.28. The minimum Gasteiger partial charge on any atom is -0.497 e. The van der Waals surface area contributed by atoms with Crippen LogP contribution in [0.4, 0.5) is 5.69 Å². The number of benzene rings is 2. The summed E-state index contributed by atoms with van der Waals surface area (Å²) < 4.78 is 5.21. The quantitative estimate of drug-likeness (QED) is 0.522. The molecule has 10 heteroatoms. The number of nitrogens with zero attached hydrogens (tertiary/aromatic N) is 3. The van der Waals surface area contributed by atoms with Crippen LogP contribution in [0.1, 0.15) is 43.6 Å².